The average Bonchev–Trinajstić information content (AvgIpc) is 3.28. The summed E-state index contributed by atoms with van der Waals surface area (Å²) in [5.74, 6) is 0. The first-order chi connectivity index (χ1) is 10.6. The fraction of sp³-hybridized carbons (Fsp3) is 0.176. The van der Waals surface area contributed by atoms with Crippen LogP contribution in [0.2, 0.25) is 5.02 Å². The Morgan fingerprint density at radius 3 is 2.55 bits per heavy atom. The lowest BCUT2D eigenvalue weighted by molar-refractivity contribution is 0.247. The van der Waals surface area contributed by atoms with E-state index in [9.17, 15) is 4.79 Å². The Balaban J connectivity index is 1.69. The zero-order valence-corrected chi connectivity index (χ0v) is 12.5. The topological polar surface area (TPSA) is 64.9 Å². The van der Waals surface area contributed by atoms with E-state index in [-0.39, 0.29) is 11.6 Å². The summed E-state index contributed by atoms with van der Waals surface area (Å²) >= 11 is 5.90. The molecular weight excluding hydrogens is 298 g/mol. The predicted molar refractivity (Wildman–Crippen MR) is 85.7 cm³/mol. The summed E-state index contributed by atoms with van der Waals surface area (Å²) in [7, 11) is 0. The number of carbonyl (C=O) groups is 1. The number of nitrogens with zero attached hydrogens (tertiary/aromatic N) is 1. The molecule has 0 bridgehead atoms. The van der Waals surface area contributed by atoms with Gasteiger partial charge in [-0.1, -0.05) is 29.8 Å². The monoisotopic (exact) mass is 311 g/mol. The van der Waals surface area contributed by atoms with Gasteiger partial charge in [0.15, 0.2) is 0 Å². The molecule has 1 fully saturated rings. The quantitative estimate of drug-likeness (QED) is 0.899. The summed E-state index contributed by atoms with van der Waals surface area (Å²) in [5.41, 5.74) is 1.86. The number of nitriles is 1. The van der Waals surface area contributed by atoms with Crippen LogP contribution in [-0.2, 0) is 5.54 Å². The van der Waals surface area contributed by atoms with Crippen molar-refractivity contribution in [2.24, 2.45) is 0 Å². The van der Waals surface area contributed by atoms with Gasteiger partial charge in [-0.25, -0.2) is 4.79 Å². The van der Waals surface area contributed by atoms with Gasteiger partial charge in [0.25, 0.3) is 0 Å². The summed E-state index contributed by atoms with van der Waals surface area (Å²) in [6, 6.07) is 16.1. The van der Waals surface area contributed by atoms with Crippen molar-refractivity contribution in [3.8, 4) is 6.07 Å². The number of halogens is 1. The van der Waals surface area contributed by atoms with Crippen molar-refractivity contribution in [3.05, 3.63) is 64.7 Å². The zero-order valence-electron chi connectivity index (χ0n) is 11.8. The number of benzene rings is 2. The van der Waals surface area contributed by atoms with E-state index in [1.807, 2.05) is 30.3 Å². The number of urea groups is 1. The Morgan fingerprint density at radius 2 is 1.91 bits per heavy atom. The number of rotatable bonds is 3. The SMILES string of the molecule is N#Cc1cccc(NC(=O)NC2(c3ccc(Cl)cc3)CC2)c1. The van der Waals surface area contributed by atoms with Crippen molar-refractivity contribution in [1.29, 1.82) is 5.26 Å². The van der Waals surface area contributed by atoms with Crippen molar-refractivity contribution < 1.29 is 4.79 Å². The smallest absolute Gasteiger partial charge is 0.319 e. The molecule has 5 heteroatoms. The third-order valence-corrected chi connectivity index (χ3v) is 4.00. The highest BCUT2D eigenvalue weighted by Crippen LogP contribution is 2.45. The summed E-state index contributed by atoms with van der Waals surface area (Å²) < 4.78 is 0. The molecule has 0 spiro atoms. The van der Waals surface area contributed by atoms with Gasteiger partial charge in [0.1, 0.15) is 0 Å². The van der Waals surface area contributed by atoms with E-state index in [2.05, 4.69) is 10.6 Å². The Kier molecular flexibility index (Phi) is 3.74. The molecule has 0 aromatic heterocycles. The lowest BCUT2D eigenvalue weighted by atomic mass is 10.1. The second-order valence-electron chi connectivity index (χ2n) is 5.36. The standard InChI is InChI=1S/C17H14ClN3O/c18-14-6-4-13(5-7-14)17(8-9-17)21-16(22)20-15-3-1-2-12(10-15)11-19/h1-7,10H,8-9H2,(H2,20,21,22). The Morgan fingerprint density at radius 1 is 1.18 bits per heavy atom. The molecule has 0 atom stereocenters. The number of hydrogen-bond acceptors (Lipinski definition) is 2. The van der Waals surface area contributed by atoms with E-state index in [0.717, 1.165) is 18.4 Å². The molecule has 22 heavy (non-hydrogen) atoms. The molecule has 0 heterocycles. The van der Waals surface area contributed by atoms with Gasteiger partial charge in [-0.2, -0.15) is 5.26 Å². The van der Waals surface area contributed by atoms with E-state index >= 15 is 0 Å². The molecule has 0 saturated heterocycles. The minimum Gasteiger partial charge on any atom is -0.328 e. The maximum Gasteiger partial charge on any atom is 0.319 e. The molecule has 1 saturated carbocycles. The molecule has 0 unspecified atom stereocenters. The maximum atomic E-state index is 12.2. The Bertz CT molecular complexity index is 745. The second-order valence-corrected chi connectivity index (χ2v) is 5.80. The highest BCUT2D eigenvalue weighted by molar-refractivity contribution is 6.30. The van der Waals surface area contributed by atoms with E-state index in [1.54, 1.807) is 24.3 Å². The molecule has 2 aromatic carbocycles. The summed E-state index contributed by atoms with van der Waals surface area (Å²) in [5, 5.41) is 15.3. The largest absolute Gasteiger partial charge is 0.328 e. The van der Waals surface area contributed by atoms with Crippen molar-refractivity contribution in [1.82, 2.24) is 5.32 Å². The van der Waals surface area contributed by atoms with Crippen LogP contribution in [-0.4, -0.2) is 6.03 Å². The van der Waals surface area contributed by atoms with E-state index in [4.69, 9.17) is 16.9 Å². The Labute approximate surface area is 133 Å². The number of carbonyl (C=O) groups excluding carboxylic acids is 1. The normalized spacial score (nSPS) is 14.7. The molecule has 0 aliphatic heterocycles. The van der Waals surface area contributed by atoms with Crippen LogP contribution in [0.25, 0.3) is 0 Å². The van der Waals surface area contributed by atoms with Gasteiger partial charge in [-0.15, -0.1) is 0 Å². The third kappa shape index (κ3) is 3.05. The molecule has 0 radical (unpaired) electrons. The van der Waals surface area contributed by atoms with Crippen LogP contribution in [0.4, 0.5) is 10.5 Å². The van der Waals surface area contributed by atoms with Gasteiger partial charge in [-0.3, -0.25) is 0 Å². The molecule has 110 valence electrons. The lowest BCUT2D eigenvalue weighted by Crippen LogP contribution is -2.38. The summed E-state index contributed by atoms with van der Waals surface area (Å²) in [6.45, 7) is 0. The van der Waals surface area contributed by atoms with Gasteiger partial charge in [-0.05, 0) is 48.7 Å². The van der Waals surface area contributed by atoms with Crippen LogP contribution in [0.15, 0.2) is 48.5 Å². The van der Waals surface area contributed by atoms with E-state index in [1.165, 1.54) is 0 Å². The van der Waals surface area contributed by atoms with Gasteiger partial charge in [0.2, 0.25) is 0 Å². The zero-order chi connectivity index (χ0) is 15.6. The van der Waals surface area contributed by atoms with Crippen LogP contribution in [0.3, 0.4) is 0 Å². The number of amides is 2. The lowest BCUT2D eigenvalue weighted by Gasteiger charge is -2.18. The Hall–Kier alpha value is -2.51. The van der Waals surface area contributed by atoms with Crippen LogP contribution in [0, 0.1) is 11.3 Å². The average molecular weight is 312 g/mol. The summed E-state index contributed by atoms with van der Waals surface area (Å²) in [6.07, 6.45) is 1.81. The second kappa shape index (κ2) is 5.70. The van der Waals surface area contributed by atoms with Gasteiger partial charge in [0, 0.05) is 10.7 Å². The predicted octanol–water partition coefficient (Wildman–Crippen LogP) is 4.02. The van der Waals surface area contributed by atoms with Crippen molar-refractivity contribution >= 4 is 23.3 Å². The molecule has 1 aliphatic rings. The minimum absolute atomic E-state index is 0.275. The molecule has 4 nitrogen and oxygen atoms in total. The van der Waals surface area contributed by atoms with E-state index < -0.39 is 0 Å². The van der Waals surface area contributed by atoms with Crippen LogP contribution in [0.5, 0.6) is 0 Å². The highest BCUT2D eigenvalue weighted by Gasteiger charge is 2.45. The molecule has 3 rings (SSSR count). The van der Waals surface area contributed by atoms with Crippen LogP contribution in [0.1, 0.15) is 24.0 Å². The first-order valence-corrected chi connectivity index (χ1v) is 7.34. The number of hydrogen-bond donors (Lipinski definition) is 2. The first kappa shape index (κ1) is 14.4. The highest BCUT2D eigenvalue weighted by atomic mass is 35.5. The molecule has 2 aromatic rings. The van der Waals surface area contributed by atoms with Crippen molar-refractivity contribution in [3.63, 3.8) is 0 Å². The van der Waals surface area contributed by atoms with Gasteiger partial charge < -0.3 is 10.6 Å². The first-order valence-electron chi connectivity index (χ1n) is 6.97. The fourth-order valence-electron chi connectivity index (χ4n) is 2.43. The molecule has 2 N–H and O–H groups in total. The molecule has 1 aliphatic carbocycles. The van der Waals surface area contributed by atoms with Crippen LogP contribution >= 0.6 is 11.6 Å². The number of nitrogens with one attached hydrogen (secondary N) is 2. The summed E-state index contributed by atoms with van der Waals surface area (Å²) in [4.78, 5) is 12.2. The molecule has 2 amide bonds. The van der Waals surface area contributed by atoms with Crippen molar-refractivity contribution in [2.75, 3.05) is 5.32 Å². The van der Waals surface area contributed by atoms with Crippen molar-refractivity contribution in [2.45, 2.75) is 18.4 Å². The van der Waals surface area contributed by atoms with Crippen LogP contribution < -0.4 is 10.6 Å². The minimum atomic E-state index is -0.304. The van der Waals surface area contributed by atoms with Gasteiger partial charge >= 0.3 is 6.03 Å². The maximum absolute atomic E-state index is 12.2. The number of anilines is 1. The fourth-order valence-corrected chi connectivity index (χ4v) is 2.55. The van der Waals surface area contributed by atoms with Gasteiger partial charge in [0.05, 0.1) is 17.2 Å². The van der Waals surface area contributed by atoms with E-state index in [0.29, 0.717) is 16.3 Å². The third-order valence-electron chi connectivity index (χ3n) is 3.75. The molecular formula is C17H14ClN3O.